The molecular weight excluding hydrogens is 216 g/mol. The topological polar surface area (TPSA) is 52.0 Å². The van der Waals surface area contributed by atoms with Gasteiger partial charge in [0.05, 0.1) is 13.2 Å². The van der Waals surface area contributed by atoms with Crippen molar-refractivity contribution < 1.29 is 4.74 Å². The molecule has 0 unspecified atom stereocenters. The van der Waals surface area contributed by atoms with E-state index in [1.54, 1.807) is 12.4 Å². The molecule has 0 atom stereocenters. The third-order valence-electron chi connectivity index (χ3n) is 2.41. The fourth-order valence-electron chi connectivity index (χ4n) is 1.52. The first-order valence-corrected chi connectivity index (χ1v) is 5.59. The van der Waals surface area contributed by atoms with E-state index in [1.165, 1.54) is 0 Å². The molecule has 0 fully saturated rings. The Kier molecular flexibility index (Phi) is 3.59. The van der Waals surface area contributed by atoms with Crippen molar-refractivity contribution in [1.82, 2.24) is 14.5 Å². The van der Waals surface area contributed by atoms with E-state index in [-0.39, 0.29) is 0 Å². The molecule has 0 amide bonds. The van der Waals surface area contributed by atoms with Crippen LogP contribution in [0.5, 0.6) is 5.75 Å². The Labute approximate surface area is 100 Å². The third-order valence-corrected chi connectivity index (χ3v) is 2.41. The van der Waals surface area contributed by atoms with Gasteiger partial charge in [0.15, 0.2) is 11.6 Å². The Morgan fingerprint density at radius 2 is 2.24 bits per heavy atom. The van der Waals surface area contributed by atoms with Crippen LogP contribution in [0.2, 0.25) is 0 Å². The van der Waals surface area contributed by atoms with Crippen molar-refractivity contribution in [2.75, 3.05) is 11.9 Å². The SMILES string of the molecule is CCOc1cccnc1NCc1nccn1C. The van der Waals surface area contributed by atoms with Gasteiger partial charge in [0.2, 0.25) is 0 Å². The summed E-state index contributed by atoms with van der Waals surface area (Å²) in [6.07, 6.45) is 5.43. The van der Waals surface area contributed by atoms with Crippen LogP contribution in [0.15, 0.2) is 30.7 Å². The zero-order chi connectivity index (χ0) is 12.1. The second kappa shape index (κ2) is 5.34. The van der Waals surface area contributed by atoms with Gasteiger partial charge in [-0.3, -0.25) is 0 Å². The second-order valence-corrected chi connectivity index (χ2v) is 3.59. The summed E-state index contributed by atoms with van der Waals surface area (Å²) in [6, 6.07) is 3.76. The number of hydrogen-bond acceptors (Lipinski definition) is 4. The summed E-state index contributed by atoms with van der Waals surface area (Å²) in [5.74, 6) is 2.47. The molecule has 1 N–H and O–H groups in total. The average Bonchev–Trinajstić information content (AvgIpc) is 2.74. The zero-order valence-corrected chi connectivity index (χ0v) is 10.1. The summed E-state index contributed by atoms with van der Waals surface area (Å²) < 4.78 is 7.45. The van der Waals surface area contributed by atoms with Gasteiger partial charge in [-0.25, -0.2) is 9.97 Å². The quantitative estimate of drug-likeness (QED) is 0.854. The van der Waals surface area contributed by atoms with Gasteiger partial charge in [-0.05, 0) is 19.1 Å². The second-order valence-electron chi connectivity index (χ2n) is 3.59. The van der Waals surface area contributed by atoms with E-state index in [0.29, 0.717) is 13.2 Å². The number of rotatable bonds is 5. The van der Waals surface area contributed by atoms with Crippen LogP contribution in [0.25, 0.3) is 0 Å². The van der Waals surface area contributed by atoms with Crippen molar-refractivity contribution >= 4 is 5.82 Å². The summed E-state index contributed by atoms with van der Waals surface area (Å²) in [5, 5.41) is 3.22. The van der Waals surface area contributed by atoms with Crippen LogP contribution in [0.3, 0.4) is 0 Å². The first-order valence-electron chi connectivity index (χ1n) is 5.59. The highest BCUT2D eigenvalue weighted by atomic mass is 16.5. The number of imidazole rings is 1. The zero-order valence-electron chi connectivity index (χ0n) is 10.1. The van der Waals surface area contributed by atoms with Crippen LogP contribution in [0.1, 0.15) is 12.7 Å². The molecule has 2 heterocycles. The van der Waals surface area contributed by atoms with Gasteiger partial charge in [-0.2, -0.15) is 0 Å². The average molecular weight is 232 g/mol. The normalized spacial score (nSPS) is 10.2. The lowest BCUT2D eigenvalue weighted by Gasteiger charge is -2.10. The van der Waals surface area contributed by atoms with Crippen molar-refractivity contribution in [2.24, 2.45) is 7.05 Å². The summed E-state index contributed by atoms with van der Waals surface area (Å²) >= 11 is 0. The Bertz CT molecular complexity index is 481. The van der Waals surface area contributed by atoms with E-state index >= 15 is 0 Å². The smallest absolute Gasteiger partial charge is 0.169 e. The first-order chi connectivity index (χ1) is 8.31. The summed E-state index contributed by atoms with van der Waals surface area (Å²) in [7, 11) is 1.96. The summed E-state index contributed by atoms with van der Waals surface area (Å²) in [5.41, 5.74) is 0. The van der Waals surface area contributed by atoms with E-state index in [4.69, 9.17) is 4.74 Å². The van der Waals surface area contributed by atoms with Crippen LogP contribution in [-0.2, 0) is 13.6 Å². The molecule has 5 nitrogen and oxygen atoms in total. The fourth-order valence-corrected chi connectivity index (χ4v) is 1.52. The summed E-state index contributed by atoms with van der Waals surface area (Å²) in [6.45, 7) is 3.21. The third kappa shape index (κ3) is 2.75. The molecule has 0 saturated heterocycles. The van der Waals surface area contributed by atoms with E-state index in [1.807, 2.05) is 36.9 Å². The molecule has 0 bridgehead atoms. The Morgan fingerprint density at radius 3 is 2.94 bits per heavy atom. The highest BCUT2D eigenvalue weighted by molar-refractivity contribution is 5.49. The number of ether oxygens (including phenoxy) is 1. The molecule has 0 radical (unpaired) electrons. The van der Waals surface area contributed by atoms with E-state index in [2.05, 4.69) is 15.3 Å². The number of anilines is 1. The van der Waals surface area contributed by atoms with Crippen molar-refractivity contribution in [3.8, 4) is 5.75 Å². The van der Waals surface area contributed by atoms with Gasteiger partial charge < -0.3 is 14.6 Å². The predicted molar refractivity (Wildman–Crippen MR) is 65.9 cm³/mol. The highest BCUT2D eigenvalue weighted by Crippen LogP contribution is 2.20. The lowest BCUT2D eigenvalue weighted by molar-refractivity contribution is 0.340. The van der Waals surface area contributed by atoms with Gasteiger partial charge in [-0.15, -0.1) is 0 Å². The minimum absolute atomic E-state index is 0.626. The fraction of sp³-hybridized carbons (Fsp3) is 0.333. The van der Waals surface area contributed by atoms with Crippen molar-refractivity contribution in [3.63, 3.8) is 0 Å². The number of aromatic nitrogens is 3. The van der Waals surface area contributed by atoms with Crippen molar-refractivity contribution in [2.45, 2.75) is 13.5 Å². The van der Waals surface area contributed by atoms with E-state index < -0.39 is 0 Å². The van der Waals surface area contributed by atoms with E-state index in [0.717, 1.165) is 17.4 Å². The maximum atomic E-state index is 5.48. The van der Waals surface area contributed by atoms with Gasteiger partial charge in [0.1, 0.15) is 5.82 Å². The van der Waals surface area contributed by atoms with Crippen LogP contribution in [-0.4, -0.2) is 21.1 Å². The number of pyridine rings is 1. The minimum Gasteiger partial charge on any atom is -0.490 e. The molecule has 0 spiro atoms. The first kappa shape index (κ1) is 11.4. The van der Waals surface area contributed by atoms with Crippen molar-refractivity contribution in [3.05, 3.63) is 36.5 Å². The molecule has 17 heavy (non-hydrogen) atoms. The lowest BCUT2D eigenvalue weighted by atomic mass is 10.4. The molecule has 0 aliphatic carbocycles. The number of hydrogen-bond donors (Lipinski definition) is 1. The molecule has 0 saturated carbocycles. The van der Waals surface area contributed by atoms with E-state index in [9.17, 15) is 0 Å². The molecule has 2 aromatic rings. The standard InChI is InChI=1S/C12H16N4O/c1-3-17-10-5-4-6-14-12(10)15-9-11-13-7-8-16(11)2/h4-8H,3,9H2,1-2H3,(H,14,15). The number of aryl methyl sites for hydroxylation is 1. The molecule has 0 aromatic carbocycles. The monoisotopic (exact) mass is 232 g/mol. The highest BCUT2D eigenvalue weighted by Gasteiger charge is 2.05. The summed E-state index contributed by atoms with van der Waals surface area (Å²) in [4.78, 5) is 8.49. The maximum absolute atomic E-state index is 5.48. The maximum Gasteiger partial charge on any atom is 0.169 e. The van der Waals surface area contributed by atoms with Gasteiger partial charge in [0.25, 0.3) is 0 Å². The van der Waals surface area contributed by atoms with Crippen LogP contribution < -0.4 is 10.1 Å². The van der Waals surface area contributed by atoms with Crippen LogP contribution in [0.4, 0.5) is 5.82 Å². The lowest BCUT2D eigenvalue weighted by Crippen LogP contribution is -2.08. The van der Waals surface area contributed by atoms with Crippen molar-refractivity contribution in [1.29, 1.82) is 0 Å². The molecule has 0 aliphatic heterocycles. The Hall–Kier alpha value is -2.04. The largest absolute Gasteiger partial charge is 0.490 e. The number of nitrogens with one attached hydrogen (secondary N) is 1. The minimum atomic E-state index is 0.626. The molecule has 0 aliphatic rings. The Morgan fingerprint density at radius 1 is 1.35 bits per heavy atom. The van der Waals surface area contributed by atoms with Gasteiger partial charge in [-0.1, -0.05) is 0 Å². The van der Waals surface area contributed by atoms with Crippen LogP contribution >= 0.6 is 0 Å². The van der Waals surface area contributed by atoms with Gasteiger partial charge in [0, 0.05) is 25.6 Å². The molecule has 2 aromatic heterocycles. The molecule has 2 rings (SSSR count). The molecule has 5 heteroatoms. The molecule has 90 valence electrons. The Balaban J connectivity index is 2.06. The van der Waals surface area contributed by atoms with Crippen LogP contribution in [0, 0.1) is 0 Å². The van der Waals surface area contributed by atoms with Gasteiger partial charge >= 0.3 is 0 Å². The number of nitrogens with zero attached hydrogens (tertiary/aromatic N) is 3. The predicted octanol–water partition coefficient (Wildman–Crippen LogP) is 1.83. The molecular formula is C12H16N4O.